The highest BCUT2D eigenvalue weighted by Crippen LogP contribution is 2.30. The number of nitro groups is 1. The van der Waals surface area contributed by atoms with Gasteiger partial charge in [-0.15, -0.1) is 0 Å². The molecule has 2 heterocycles. The summed E-state index contributed by atoms with van der Waals surface area (Å²) in [6.07, 6.45) is 1.29. The summed E-state index contributed by atoms with van der Waals surface area (Å²) in [5.74, 6) is -1.72. The van der Waals surface area contributed by atoms with Crippen molar-refractivity contribution in [2.24, 2.45) is 0 Å². The number of benzene rings is 2. The van der Waals surface area contributed by atoms with Gasteiger partial charge in [-0.25, -0.2) is 14.0 Å². The van der Waals surface area contributed by atoms with Gasteiger partial charge in [0, 0.05) is 6.07 Å². The maximum absolute atomic E-state index is 13.0. The molecule has 1 aliphatic heterocycles. The van der Waals surface area contributed by atoms with E-state index >= 15 is 0 Å². The summed E-state index contributed by atoms with van der Waals surface area (Å²) in [5.41, 5.74) is 0.430. The van der Waals surface area contributed by atoms with Crippen molar-refractivity contribution < 1.29 is 37.6 Å². The third-order valence-corrected chi connectivity index (χ3v) is 5.12. The number of ether oxygens (including phenoxy) is 2. The largest absolute Gasteiger partial charge is 0.482 e. The van der Waals surface area contributed by atoms with Gasteiger partial charge >= 0.3 is 17.7 Å². The van der Waals surface area contributed by atoms with E-state index < -0.39 is 28.6 Å². The number of halogens is 1. The summed E-state index contributed by atoms with van der Waals surface area (Å²) in [6.45, 7) is -0.259. The number of carbonyl (C=O) groups is 3. The first-order valence-corrected chi connectivity index (χ1v) is 10.4. The van der Waals surface area contributed by atoms with Crippen LogP contribution in [0.2, 0.25) is 0 Å². The Labute approximate surface area is 202 Å². The molecule has 0 spiro atoms. The maximum Gasteiger partial charge on any atom is 0.373 e. The molecule has 0 radical (unpaired) electrons. The van der Waals surface area contributed by atoms with Crippen LogP contribution in [-0.4, -0.2) is 34.8 Å². The molecule has 184 valence electrons. The lowest BCUT2D eigenvalue weighted by Crippen LogP contribution is -2.30. The fourth-order valence-corrected chi connectivity index (χ4v) is 3.34. The van der Waals surface area contributed by atoms with E-state index in [1.165, 1.54) is 67.8 Å². The number of hydrogen-bond acceptors (Lipinski definition) is 8. The third kappa shape index (κ3) is 5.22. The average molecular weight is 495 g/mol. The van der Waals surface area contributed by atoms with Crippen molar-refractivity contribution in [2.75, 3.05) is 7.11 Å². The Bertz CT molecular complexity index is 1380. The van der Waals surface area contributed by atoms with Gasteiger partial charge in [0.05, 0.1) is 18.6 Å². The van der Waals surface area contributed by atoms with Crippen molar-refractivity contribution >= 4 is 29.7 Å². The topological polar surface area (TPSA) is 141 Å². The van der Waals surface area contributed by atoms with Crippen LogP contribution in [0, 0.1) is 15.9 Å². The van der Waals surface area contributed by atoms with Gasteiger partial charge in [0.1, 0.15) is 23.9 Å². The molecule has 11 nitrogen and oxygen atoms in total. The summed E-state index contributed by atoms with van der Waals surface area (Å²) in [5, 5.41) is 14.0. The van der Waals surface area contributed by atoms with Crippen molar-refractivity contribution in [1.29, 1.82) is 0 Å². The third-order valence-electron chi connectivity index (χ3n) is 5.12. The van der Waals surface area contributed by atoms with Gasteiger partial charge in [-0.3, -0.25) is 19.8 Å². The van der Waals surface area contributed by atoms with E-state index in [-0.39, 0.29) is 47.4 Å². The summed E-state index contributed by atoms with van der Waals surface area (Å²) < 4.78 is 28.4. The van der Waals surface area contributed by atoms with Crippen LogP contribution in [-0.2, 0) is 22.7 Å². The Morgan fingerprint density at radius 2 is 1.92 bits per heavy atom. The van der Waals surface area contributed by atoms with Gasteiger partial charge in [0.25, 0.3) is 5.91 Å². The first-order valence-electron chi connectivity index (χ1n) is 10.4. The van der Waals surface area contributed by atoms with Gasteiger partial charge in [0.2, 0.25) is 5.76 Å². The van der Waals surface area contributed by atoms with E-state index in [0.29, 0.717) is 5.56 Å². The summed E-state index contributed by atoms with van der Waals surface area (Å²) in [4.78, 5) is 48.4. The predicted molar refractivity (Wildman–Crippen MR) is 121 cm³/mol. The summed E-state index contributed by atoms with van der Waals surface area (Å²) in [6, 6.07) is 11.6. The van der Waals surface area contributed by atoms with E-state index in [0.717, 1.165) is 4.90 Å². The lowest BCUT2D eigenvalue weighted by atomic mass is 10.1. The van der Waals surface area contributed by atoms with Crippen LogP contribution in [0.15, 0.2) is 64.7 Å². The van der Waals surface area contributed by atoms with Crippen LogP contribution in [0.25, 0.3) is 6.08 Å². The first-order chi connectivity index (χ1) is 17.2. The van der Waals surface area contributed by atoms with Crippen LogP contribution >= 0.6 is 0 Å². The fraction of sp³-hybridized carbons (Fsp3) is 0.125. The van der Waals surface area contributed by atoms with Crippen molar-refractivity contribution in [3.63, 3.8) is 0 Å². The predicted octanol–water partition coefficient (Wildman–Crippen LogP) is 3.79. The number of hydrogen-bond donors (Lipinski definition) is 1. The van der Waals surface area contributed by atoms with Crippen LogP contribution in [0.4, 0.5) is 14.9 Å². The number of nitro benzene ring substituents is 1. The molecule has 0 unspecified atom stereocenters. The van der Waals surface area contributed by atoms with Crippen LogP contribution in [0.1, 0.15) is 27.4 Å². The number of nitrogens with zero attached hydrogens (tertiary/aromatic N) is 2. The number of rotatable bonds is 8. The highest BCUT2D eigenvalue weighted by atomic mass is 19.1. The summed E-state index contributed by atoms with van der Waals surface area (Å²) in [7, 11) is 1.19. The normalized spacial score (nSPS) is 14.2. The SMILES string of the molecule is COC(=O)c1ccc(CN2C(=O)N/C(=C\c3ccc(OCc4ccc(F)cc4)c([N+](=O)[O-])c3)C2=O)o1. The van der Waals surface area contributed by atoms with Gasteiger partial charge in [0.15, 0.2) is 5.75 Å². The van der Waals surface area contributed by atoms with E-state index in [1.54, 1.807) is 0 Å². The minimum Gasteiger partial charge on any atom is -0.482 e. The maximum atomic E-state index is 13.0. The molecule has 1 aliphatic rings. The lowest BCUT2D eigenvalue weighted by molar-refractivity contribution is -0.386. The van der Waals surface area contributed by atoms with Crippen molar-refractivity contribution in [2.45, 2.75) is 13.2 Å². The number of methoxy groups -OCH3 is 1. The molecule has 0 atom stereocenters. The van der Waals surface area contributed by atoms with Crippen LogP contribution < -0.4 is 10.1 Å². The second-order valence-electron chi connectivity index (χ2n) is 7.54. The minimum absolute atomic E-state index is 0.0183. The minimum atomic E-state index is -0.726. The molecule has 1 aromatic heterocycles. The van der Waals surface area contributed by atoms with Crippen LogP contribution in [0.5, 0.6) is 5.75 Å². The molecule has 3 amide bonds. The lowest BCUT2D eigenvalue weighted by Gasteiger charge is -2.09. The molecule has 3 aromatic rings. The molecule has 12 heteroatoms. The number of urea groups is 1. The standard InChI is InChI=1S/C24H18FN3O8/c1-34-23(30)21-9-7-17(36-21)12-27-22(29)18(26-24(27)31)10-15-4-8-20(19(11-15)28(32)33)35-13-14-2-5-16(25)6-3-14/h2-11H,12-13H2,1H3,(H,26,31)/b18-10-. The Morgan fingerprint density at radius 3 is 2.61 bits per heavy atom. The molecule has 0 aliphatic carbocycles. The molecular formula is C24H18FN3O8. The van der Waals surface area contributed by atoms with Gasteiger partial charge in [-0.05, 0) is 47.5 Å². The first kappa shape index (κ1) is 24.1. The van der Waals surface area contributed by atoms with Gasteiger partial charge in [-0.1, -0.05) is 18.2 Å². The Balaban J connectivity index is 1.49. The van der Waals surface area contributed by atoms with Gasteiger partial charge in [-0.2, -0.15) is 0 Å². The van der Waals surface area contributed by atoms with Crippen LogP contribution in [0.3, 0.4) is 0 Å². The van der Waals surface area contributed by atoms with E-state index in [2.05, 4.69) is 10.1 Å². The van der Waals surface area contributed by atoms with E-state index in [1.807, 2.05) is 0 Å². The van der Waals surface area contributed by atoms with E-state index in [9.17, 15) is 28.9 Å². The van der Waals surface area contributed by atoms with Gasteiger partial charge < -0.3 is 19.2 Å². The zero-order valence-electron chi connectivity index (χ0n) is 18.7. The van der Waals surface area contributed by atoms with E-state index in [4.69, 9.17) is 9.15 Å². The molecule has 1 saturated heterocycles. The monoisotopic (exact) mass is 495 g/mol. The Kier molecular flexibility index (Phi) is 6.77. The number of carbonyl (C=O) groups excluding carboxylic acids is 3. The molecule has 4 rings (SSSR count). The van der Waals surface area contributed by atoms with Crippen molar-refractivity contribution in [1.82, 2.24) is 10.2 Å². The number of furan rings is 1. The quantitative estimate of drug-likeness (QED) is 0.164. The molecule has 1 N–H and O–H groups in total. The second-order valence-corrected chi connectivity index (χ2v) is 7.54. The zero-order valence-corrected chi connectivity index (χ0v) is 18.7. The number of imide groups is 1. The molecule has 0 bridgehead atoms. The van der Waals surface area contributed by atoms with Crippen molar-refractivity contribution in [3.8, 4) is 5.75 Å². The molecular weight excluding hydrogens is 477 g/mol. The number of nitrogens with one attached hydrogen (secondary N) is 1. The second kappa shape index (κ2) is 10.1. The molecule has 1 fully saturated rings. The number of esters is 1. The highest BCUT2D eigenvalue weighted by Gasteiger charge is 2.34. The molecule has 0 saturated carbocycles. The smallest absolute Gasteiger partial charge is 0.373 e. The Morgan fingerprint density at radius 1 is 1.17 bits per heavy atom. The fourth-order valence-electron chi connectivity index (χ4n) is 3.34. The average Bonchev–Trinajstić information content (AvgIpc) is 3.44. The zero-order chi connectivity index (χ0) is 25.8. The van der Waals surface area contributed by atoms with Crippen molar-refractivity contribution in [3.05, 3.63) is 98.9 Å². The number of amides is 3. The highest BCUT2D eigenvalue weighted by molar-refractivity contribution is 6.13. The molecule has 36 heavy (non-hydrogen) atoms. The Hall–Kier alpha value is -5.00. The summed E-state index contributed by atoms with van der Waals surface area (Å²) >= 11 is 0. The molecule has 2 aromatic carbocycles.